The predicted octanol–water partition coefficient (Wildman–Crippen LogP) is 0.544. The van der Waals surface area contributed by atoms with Crippen LogP contribution in [0.15, 0.2) is 60.7 Å². The van der Waals surface area contributed by atoms with Crippen molar-refractivity contribution in [3.8, 4) is 5.75 Å². The number of anilines is 1. The second-order valence-electron chi connectivity index (χ2n) is 7.46. The Morgan fingerprint density at radius 1 is 1.03 bits per heavy atom. The number of amides is 1. The summed E-state index contributed by atoms with van der Waals surface area (Å²) in [7, 11) is 1.69. The third kappa shape index (κ3) is 5.46. The molecule has 1 saturated heterocycles. The molecule has 1 heterocycles. The summed E-state index contributed by atoms with van der Waals surface area (Å²) in [5.41, 5.74) is 1.71. The number of hydrogen-bond donors (Lipinski definition) is 1. The first-order valence-electron chi connectivity index (χ1n) is 10.2. The molecule has 4 rings (SSSR count). The summed E-state index contributed by atoms with van der Waals surface area (Å²) >= 11 is 0. The lowest BCUT2D eigenvalue weighted by Crippen LogP contribution is -3.00. The largest absolute Gasteiger partial charge is 1.00 e. The van der Waals surface area contributed by atoms with Crippen molar-refractivity contribution < 1.29 is 26.3 Å². The molecule has 0 saturated carbocycles. The number of carbonyl (C=O) groups excluding carboxylic acids is 1. The third-order valence-corrected chi connectivity index (χ3v) is 5.60. The van der Waals surface area contributed by atoms with Crippen LogP contribution >= 0.6 is 0 Å². The van der Waals surface area contributed by atoms with E-state index in [2.05, 4.69) is 45.4 Å². The molecule has 5 nitrogen and oxygen atoms in total. The molecule has 0 aromatic heterocycles. The number of hydrogen-bond acceptors (Lipinski definition) is 4. The summed E-state index contributed by atoms with van der Waals surface area (Å²) in [4.78, 5) is 16.9. The van der Waals surface area contributed by atoms with Gasteiger partial charge in [0.25, 0.3) is 5.91 Å². The molecule has 0 unspecified atom stereocenters. The standard InChI is InChI=1S/C24H26FN3O2.ClH/c1-30-21-10-7-18-3-2-4-23(22(18)17-21)28-15-13-27(14-16-28)12-11-26-24(29)19-5-8-20(25)9-6-19;/h2-10,17H,11-16H2,1H3,(H,26,29);1H/p-1. The molecular formula is C24H26ClFN3O2-. The number of rotatable bonds is 6. The summed E-state index contributed by atoms with van der Waals surface area (Å²) in [6, 6.07) is 18.2. The summed E-state index contributed by atoms with van der Waals surface area (Å²) in [5, 5.41) is 5.33. The first-order valence-corrected chi connectivity index (χ1v) is 10.2. The summed E-state index contributed by atoms with van der Waals surface area (Å²) in [5.74, 6) is 0.359. The molecule has 0 aliphatic carbocycles. The van der Waals surface area contributed by atoms with Crippen LogP contribution in [0.5, 0.6) is 5.75 Å². The summed E-state index contributed by atoms with van der Waals surface area (Å²) < 4.78 is 18.4. The Morgan fingerprint density at radius 3 is 2.48 bits per heavy atom. The minimum atomic E-state index is -0.339. The van der Waals surface area contributed by atoms with E-state index in [1.807, 2.05) is 6.07 Å². The van der Waals surface area contributed by atoms with E-state index < -0.39 is 0 Å². The zero-order valence-electron chi connectivity index (χ0n) is 17.5. The fraction of sp³-hybridized carbons (Fsp3) is 0.292. The van der Waals surface area contributed by atoms with Gasteiger partial charge < -0.3 is 27.4 Å². The lowest BCUT2D eigenvalue weighted by molar-refractivity contribution is -0.0000152. The number of nitrogens with zero attached hydrogens (tertiary/aromatic N) is 2. The zero-order valence-corrected chi connectivity index (χ0v) is 18.2. The van der Waals surface area contributed by atoms with E-state index in [1.165, 1.54) is 40.7 Å². The maximum Gasteiger partial charge on any atom is 0.251 e. The van der Waals surface area contributed by atoms with E-state index in [1.54, 1.807) is 7.11 Å². The second-order valence-corrected chi connectivity index (χ2v) is 7.46. The van der Waals surface area contributed by atoms with E-state index in [0.29, 0.717) is 12.1 Å². The summed E-state index contributed by atoms with van der Waals surface area (Å²) in [6.07, 6.45) is 0. The van der Waals surface area contributed by atoms with Gasteiger partial charge in [0.1, 0.15) is 11.6 Å². The van der Waals surface area contributed by atoms with Crippen molar-refractivity contribution in [2.75, 3.05) is 51.3 Å². The number of piperazine rings is 1. The van der Waals surface area contributed by atoms with E-state index in [9.17, 15) is 9.18 Å². The Morgan fingerprint density at radius 2 is 1.77 bits per heavy atom. The van der Waals surface area contributed by atoms with Crippen molar-refractivity contribution in [3.05, 3.63) is 72.0 Å². The van der Waals surface area contributed by atoms with Crippen molar-refractivity contribution in [1.29, 1.82) is 0 Å². The average molecular weight is 443 g/mol. The molecule has 31 heavy (non-hydrogen) atoms. The van der Waals surface area contributed by atoms with Crippen LogP contribution < -0.4 is 27.4 Å². The molecule has 164 valence electrons. The predicted molar refractivity (Wildman–Crippen MR) is 118 cm³/mol. The number of carbonyl (C=O) groups is 1. The van der Waals surface area contributed by atoms with Crippen LogP contribution in [0.25, 0.3) is 10.8 Å². The molecule has 1 amide bonds. The van der Waals surface area contributed by atoms with Gasteiger partial charge in [-0.3, -0.25) is 9.69 Å². The highest BCUT2D eigenvalue weighted by atomic mass is 35.5. The van der Waals surface area contributed by atoms with Gasteiger partial charge in [-0.15, -0.1) is 0 Å². The number of ether oxygens (including phenoxy) is 1. The smallest absolute Gasteiger partial charge is 0.251 e. The zero-order chi connectivity index (χ0) is 20.9. The molecule has 0 spiro atoms. The number of nitrogens with one attached hydrogen (secondary N) is 1. The number of halogens is 2. The van der Waals surface area contributed by atoms with E-state index in [-0.39, 0.29) is 24.1 Å². The monoisotopic (exact) mass is 442 g/mol. The number of methoxy groups -OCH3 is 1. The van der Waals surface area contributed by atoms with Crippen LogP contribution in [-0.2, 0) is 0 Å². The van der Waals surface area contributed by atoms with Crippen LogP contribution in [0.1, 0.15) is 10.4 Å². The van der Waals surface area contributed by atoms with Crippen LogP contribution in [0.3, 0.4) is 0 Å². The van der Waals surface area contributed by atoms with Crippen LogP contribution in [0.2, 0.25) is 0 Å². The van der Waals surface area contributed by atoms with Crippen molar-refractivity contribution in [2.24, 2.45) is 0 Å². The van der Waals surface area contributed by atoms with E-state index >= 15 is 0 Å². The van der Waals surface area contributed by atoms with Gasteiger partial charge in [0.15, 0.2) is 0 Å². The number of fused-ring (bicyclic) bond motifs is 1. The number of benzene rings is 3. The molecule has 1 N–H and O–H groups in total. The SMILES string of the molecule is COc1ccc2cccc(N3CCN(CCNC(=O)c4ccc(F)cc4)CC3)c2c1.[Cl-]. The molecule has 0 radical (unpaired) electrons. The molecule has 3 aromatic rings. The molecule has 7 heteroatoms. The van der Waals surface area contributed by atoms with Crippen LogP contribution in [0.4, 0.5) is 10.1 Å². The quantitative estimate of drug-likeness (QED) is 0.605. The lowest BCUT2D eigenvalue weighted by Gasteiger charge is -2.36. The molecule has 0 atom stereocenters. The Bertz CT molecular complexity index is 1020. The average Bonchev–Trinajstić information content (AvgIpc) is 2.79. The highest BCUT2D eigenvalue weighted by molar-refractivity contribution is 5.95. The fourth-order valence-electron chi connectivity index (χ4n) is 3.88. The van der Waals surface area contributed by atoms with Gasteiger partial charge >= 0.3 is 0 Å². The second kappa shape index (κ2) is 10.5. The Balaban J connectivity index is 0.00000272. The van der Waals surface area contributed by atoms with Crippen molar-refractivity contribution >= 4 is 22.4 Å². The topological polar surface area (TPSA) is 44.8 Å². The molecule has 3 aromatic carbocycles. The molecule has 0 bridgehead atoms. The van der Waals surface area contributed by atoms with Gasteiger partial charge in [-0.1, -0.05) is 18.2 Å². The van der Waals surface area contributed by atoms with Crippen molar-refractivity contribution in [2.45, 2.75) is 0 Å². The van der Waals surface area contributed by atoms with E-state index in [4.69, 9.17) is 4.74 Å². The first-order chi connectivity index (χ1) is 14.6. The Hall–Kier alpha value is -2.83. The fourth-order valence-corrected chi connectivity index (χ4v) is 3.88. The minimum Gasteiger partial charge on any atom is -1.00 e. The van der Waals surface area contributed by atoms with E-state index in [0.717, 1.165) is 38.5 Å². The summed E-state index contributed by atoms with van der Waals surface area (Å²) in [6.45, 7) is 5.11. The Labute approximate surface area is 188 Å². The maximum atomic E-state index is 13.0. The molecule has 1 fully saturated rings. The maximum absolute atomic E-state index is 13.0. The van der Waals surface area contributed by atoms with Gasteiger partial charge in [0, 0.05) is 55.9 Å². The molecular weight excluding hydrogens is 417 g/mol. The highest BCUT2D eigenvalue weighted by Crippen LogP contribution is 2.30. The van der Waals surface area contributed by atoms with Gasteiger partial charge in [-0.25, -0.2) is 4.39 Å². The van der Waals surface area contributed by atoms with Crippen LogP contribution in [0, 0.1) is 5.82 Å². The molecule has 1 aliphatic heterocycles. The Kier molecular flexibility index (Phi) is 7.71. The lowest BCUT2D eigenvalue weighted by atomic mass is 10.1. The first kappa shape index (κ1) is 22.8. The normalized spacial score (nSPS) is 14.2. The van der Waals surface area contributed by atoms with Gasteiger partial charge in [0.05, 0.1) is 7.11 Å². The highest BCUT2D eigenvalue weighted by Gasteiger charge is 2.19. The molecule has 1 aliphatic rings. The van der Waals surface area contributed by atoms with Gasteiger partial charge in [-0.2, -0.15) is 0 Å². The van der Waals surface area contributed by atoms with Gasteiger partial charge in [-0.05, 0) is 47.9 Å². The van der Waals surface area contributed by atoms with Crippen LogP contribution in [-0.4, -0.2) is 57.2 Å². The third-order valence-electron chi connectivity index (χ3n) is 5.60. The minimum absolute atomic E-state index is 0. The van der Waals surface area contributed by atoms with Gasteiger partial charge in [0.2, 0.25) is 0 Å². The van der Waals surface area contributed by atoms with Crippen molar-refractivity contribution in [3.63, 3.8) is 0 Å². The van der Waals surface area contributed by atoms with Crippen molar-refractivity contribution in [1.82, 2.24) is 10.2 Å².